The highest BCUT2D eigenvalue weighted by Crippen LogP contribution is 2.65. The number of hydrogen-bond donors (Lipinski definition) is 0. The lowest BCUT2D eigenvalue weighted by Gasteiger charge is -2.02. The summed E-state index contributed by atoms with van der Waals surface area (Å²) in [6.45, 7) is -3.59. The number of benzene rings is 2. The first kappa shape index (κ1) is 12.3. The van der Waals surface area contributed by atoms with Crippen molar-refractivity contribution < 1.29 is 13.6 Å². The van der Waals surface area contributed by atoms with Crippen LogP contribution >= 0.6 is 18.2 Å². The van der Waals surface area contributed by atoms with Crippen molar-refractivity contribution in [1.29, 1.82) is 0 Å². The van der Waals surface area contributed by atoms with Gasteiger partial charge in [-0.25, -0.2) is 4.57 Å². The molecule has 3 nitrogen and oxygen atoms in total. The van der Waals surface area contributed by atoms with E-state index in [1.54, 1.807) is 0 Å². The molecule has 0 saturated heterocycles. The predicted octanol–water partition coefficient (Wildman–Crippen LogP) is 4.91. The summed E-state index contributed by atoms with van der Waals surface area (Å²) in [4.78, 5) is 0. The van der Waals surface area contributed by atoms with E-state index in [1.165, 1.54) is 0 Å². The van der Waals surface area contributed by atoms with Crippen molar-refractivity contribution in [2.75, 3.05) is 0 Å². The lowest BCUT2D eigenvalue weighted by atomic mass is 10.1. The average molecular weight is 293 g/mol. The van der Waals surface area contributed by atoms with E-state index in [-0.39, 0.29) is 0 Å². The van der Waals surface area contributed by atoms with Gasteiger partial charge in [0.1, 0.15) is 0 Å². The molecule has 2 aromatic rings. The van der Waals surface area contributed by atoms with Crippen LogP contribution in [0.5, 0.6) is 0 Å². The van der Waals surface area contributed by atoms with Crippen LogP contribution < -0.4 is 0 Å². The summed E-state index contributed by atoms with van der Waals surface area (Å²) < 4.78 is 22.4. The van der Waals surface area contributed by atoms with E-state index in [2.05, 4.69) is 0 Å². The summed E-state index contributed by atoms with van der Waals surface area (Å²) in [5.74, 6) is 0.815. The monoisotopic (exact) mass is 292 g/mol. The van der Waals surface area contributed by atoms with Crippen LogP contribution in [0.15, 0.2) is 60.7 Å². The Morgan fingerprint density at radius 1 is 0.737 bits per heavy atom. The summed E-state index contributed by atoms with van der Waals surface area (Å²) >= 11 is 5.73. The lowest BCUT2D eigenvalue weighted by Crippen LogP contribution is -1.87. The SMILES string of the molecule is O=P1(Cl)OC(c2ccccc2)=C(c2ccccc2)O1. The molecule has 0 atom stereocenters. The van der Waals surface area contributed by atoms with Gasteiger partial charge in [-0.3, -0.25) is 0 Å². The van der Waals surface area contributed by atoms with E-state index in [0.29, 0.717) is 11.5 Å². The maximum absolute atomic E-state index is 11.9. The topological polar surface area (TPSA) is 35.5 Å². The Labute approximate surface area is 115 Å². The molecular weight excluding hydrogens is 283 g/mol. The van der Waals surface area contributed by atoms with E-state index < -0.39 is 6.95 Å². The molecule has 0 amide bonds. The third-order valence-electron chi connectivity index (χ3n) is 2.68. The van der Waals surface area contributed by atoms with Gasteiger partial charge in [0.15, 0.2) is 11.5 Å². The minimum absolute atomic E-state index is 0.408. The Hall–Kier alpha value is -1.70. The quantitative estimate of drug-likeness (QED) is 0.738. The normalized spacial score (nSPS) is 16.9. The first-order valence-electron chi connectivity index (χ1n) is 5.70. The van der Waals surface area contributed by atoms with E-state index in [9.17, 15) is 4.57 Å². The molecule has 0 saturated carbocycles. The van der Waals surface area contributed by atoms with Crippen molar-refractivity contribution in [3.05, 3.63) is 71.8 Å². The van der Waals surface area contributed by atoms with Crippen molar-refractivity contribution in [2.24, 2.45) is 0 Å². The molecule has 1 aliphatic rings. The highest BCUT2D eigenvalue weighted by atomic mass is 35.7. The fraction of sp³-hybridized carbons (Fsp3) is 0. The van der Waals surface area contributed by atoms with Crippen molar-refractivity contribution >= 4 is 29.7 Å². The lowest BCUT2D eigenvalue weighted by molar-refractivity contribution is 0.409. The molecule has 0 aliphatic carbocycles. The Bertz CT molecular complexity index is 612. The first-order chi connectivity index (χ1) is 9.16. The third kappa shape index (κ3) is 2.53. The van der Waals surface area contributed by atoms with Crippen LogP contribution in [0.25, 0.3) is 11.5 Å². The van der Waals surface area contributed by atoms with Gasteiger partial charge in [-0.05, 0) is 0 Å². The highest BCUT2D eigenvalue weighted by Gasteiger charge is 2.38. The highest BCUT2D eigenvalue weighted by molar-refractivity contribution is 7.82. The van der Waals surface area contributed by atoms with Crippen LogP contribution in [-0.2, 0) is 13.6 Å². The molecule has 1 aliphatic heterocycles. The molecule has 96 valence electrons. The Balaban J connectivity index is 2.13. The van der Waals surface area contributed by atoms with Crippen LogP contribution in [0.1, 0.15) is 11.1 Å². The number of hydrogen-bond acceptors (Lipinski definition) is 3. The minimum atomic E-state index is -3.59. The second-order valence-corrected chi connectivity index (χ2v) is 6.47. The molecule has 1 heterocycles. The molecule has 0 spiro atoms. The largest absolute Gasteiger partial charge is 0.530 e. The van der Waals surface area contributed by atoms with Gasteiger partial charge in [0, 0.05) is 22.4 Å². The maximum Gasteiger partial charge on any atom is 0.530 e. The van der Waals surface area contributed by atoms with Gasteiger partial charge in [-0.2, -0.15) is 0 Å². The molecule has 0 N–H and O–H groups in total. The summed E-state index contributed by atoms with van der Waals surface area (Å²) in [6, 6.07) is 18.7. The van der Waals surface area contributed by atoms with Gasteiger partial charge < -0.3 is 9.05 Å². The summed E-state index contributed by atoms with van der Waals surface area (Å²) in [7, 11) is 0. The zero-order chi connectivity index (χ0) is 13.3. The fourth-order valence-electron chi connectivity index (χ4n) is 1.87. The van der Waals surface area contributed by atoms with Gasteiger partial charge in [0.05, 0.1) is 0 Å². The van der Waals surface area contributed by atoms with E-state index in [1.807, 2.05) is 60.7 Å². The van der Waals surface area contributed by atoms with Gasteiger partial charge in [-0.15, -0.1) is 0 Å². The molecule has 0 radical (unpaired) electrons. The molecule has 2 aromatic carbocycles. The molecular formula is C14H10ClO3P. The van der Waals surface area contributed by atoms with Crippen LogP contribution in [0.4, 0.5) is 0 Å². The number of halogens is 1. The van der Waals surface area contributed by atoms with Crippen molar-refractivity contribution in [3.8, 4) is 0 Å². The zero-order valence-electron chi connectivity index (χ0n) is 9.82. The van der Waals surface area contributed by atoms with Gasteiger partial charge >= 0.3 is 6.95 Å². The predicted molar refractivity (Wildman–Crippen MR) is 75.3 cm³/mol. The molecule has 0 bridgehead atoms. The van der Waals surface area contributed by atoms with Crippen molar-refractivity contribution in [1.82, 2.24) is 0 Å². The standard InChI is InChI=1S/C14H10ClO3P/c15-19(16)17-13(11-7-3-1-4-8-11)14(18-19)12-9-5-2-6-10-12/h1-10H. The van der Waals surface area contributed by atoms with Crippen molar-refractivity contribution in [2.45, 2.75) is 0 Å². The molecule has 5 heteroatoms. The summed E-state index contributed by atoms with van der Waals surface area (Å²) in [5, 5.41) is 0. The smallest absolute Gasteiger partial charge is 0.400 e. The summed E-state index contributed by atoms with van der Waals surface area (Å²) in [5.41, 5.74) is 1.56. The molecule has 0 unspecified atom stereocenters. The van der Waals surface area contributed by atoms with Crippen LogP contribution in [0.2, 0.25) is 0 Å². The zero-order valence-corrected chi connectivity index (χ0v) is 11.5. The average Bonchev–Trinajstić information content (AvgIpc) is 2.77. The van der Waals surface area contributed by atoms with E-state index in [0.717, 1.165) is 11.1 Å². The van der Waals surface area contributed by atoms with Gasteiger partial charge in [0.2, 0.25) is 0 Å². The summed E-state index contributed by atoms with van der Waals surface area (Å²) in [6.07, 6.45) is 0. The second-order valence-electron chi connectivity index (χ2n) is 4.00. The molecule has 0 fully saturated rings. The molecule has 19 heavy (non-hydrogen) atoms. The van der Waals surface area contributed by atoms with Crippen LogP contribution in [0, 0.1) is 0 Å². The molecule has 3 rings (SSSR count). The minimum Gasteiger partial charge on any atom is -0.400 e. The van der Waals surface area contributed by atoms with E-state index in [4.69, 9.17) is 20.3 Å². The maximum atomic E-state index is 11.9. The Morgan fingerprint density at radius 2 is 1.11 bits per heavy atom. The van der Waals surface area contributed by atoms with Crippen LogP contribution in [-0.4, -0.2) is 0 Å². The Morgan fingerprint density at radius 3 is 1.47 bits per heavy atom. The number of rotatable bonds is 2. The third-order valence-corrected chi connectivity index (χ3v) is 3.89. The van der Waals surface area contributed by atoms with Gasteiger partial charge in [0.25, 0.3) is 0 Å². The van der Waals surface area contributed by atoms with Crippen molar-refractivity contribution in [3.63, 3.8) is 0 Å². The molecule has 0 aromatic heterocycles. The Kier molecular flexibility index (Phi) is 3.09. The van der Waals surface area contributed by atoms with Gasteiger partial charge in [-0.1, -0.05) is 60.7 Å². The van der Waals surface area contributed by atoms with E-state index >= 15 is 0 Å². The van der Waals surface area contributed by atoms with Crippen LogP contribution in [0.3, 0.4) is 0 Å². The first-order valence-corrected chi connectivity index (χ1v) is 8.14. The fourth-order valence-corrected chi connectivity index (χ4v) is 3.13. The second kappa shape index (κ2) is 4.76.